The van der Waals surface area contributed by atoms with Crippen molar-refractivity contribution in [2.75, 3.05) is 27.3 Å². The van der Waals surface area contributed by atoms with E-state index in [9.17, 15) is 9.59 Å². The van der Waals surface area contributed by atoms with Gasteiger partial charge in [-0.15, -0.1) is 11.8 Å². The number of ether oxygens (including phenoxy) is 2. The van der Waals surface area contributed by atoms with Crippen molar-refractivity contribution >= 4 is 23.7 Å². The van der Waals surface area contributed by atoms with Crippen LogP contribution in [0.15, 0.2) is 33.2 Å². The fourth-order valence-corrected chi connectivity index (χ4v) is 3.29. The van der Waals surface area contributed by atoms with Crippen molar-refractivity contribution in [2.24, 2.45) is 0 Å². The molecule has 21 heavy (non-hydrogen) atoms. The Hall–Kier alpha value is -1.69. The molecule has 0 bridgehead atoms. The van der Waals surface area contributed by atoms with Gasteiger partial charge in [0.05, 0.1) is 31.1 Å². The summed E-state index contributed by atoms with van der Waals surface area (Å²) in [6, 6.07) is 0. The van der Waals surface area contributed by atoms with Crippen molar-refractivity contribution in [1.29, 1.82) is 0 Å². The highest BCUT2D eigenvalue weighted by Gasteiger charge is 2.31. The van der Waals surface area contributed by atoms with Crippen LogP contribution in [0.2, 0.25) is 0 Å². The molecule has 2 rings (SSSR count). The normalized spacial score (nSPS) is 18.9. The van der Waals surface area contributed by atoms with Gasteiger partial charge in [0.25, 0.3) is 0 Å². The van der Waals surface area contributed by atoms with Crippen molar-refractivity contribution in [1.82, 2.24) is 4.90 Å². The largest absolute Gasteiger partial charge is 0.465 e. The van der Waals surface area contributed by atoms with Gasteiger partial charge >= 0.3 is 11.9 Å². The maximum atomic E-state index is 12.3. The molecule has 114 valence electrons. The van der Waals surface area contributed by atoms with Gasteiger partial charge in [0.1, 0.15) is 0 Å². The predicted molar refractivity (Wildman–Crippen MR) is 81.3 cm³/mol. The van der Waals surface area contributed by atoms with Crippen LogP contribution in [0.3, 0.4) is 0 Å². The molecule has 5 nitrogen and oxygen atoms in total. The molecule has 6 heteroatoms. The van der Waals surface area contributed by atoms with E-state index >= 15 is 0 Å². The molecule has 0 unspecified atom stereocenters. The van der Waals surface area contributed by atoms with E-state index in [2.05, 4.69) is 4.90 Å². The first kappa shape index (κ1) is 15.7. The second-order valence-corrected chi connectivity index (χ2v) is 5.61. The number of thioether (sulfide) groups is 1. The summed E-state index contributed by atoms with van der Waals surface area (Å²) in [4.78, 5) is 26.4. The van der Waals surface area contributed by atoms with Crippen LogP contribution in [-0.4, -0.2) is 44.1 Å². The van der Waals surface area contributed by atoms with E-state index in [-0.39, 0.29) is 5.57 Å². The van der Waals surface area contributed by atoms with E-state index < -0.39 is 11.9 Å². The first-order valence-electron chi connectivity index (χ1n) is 6.79. The fourth-order valence-electron chi connectivity index (χ4n) is 2.56. The maximum Gasteiger partial charge on any atom is 0.340 e. The molecule has 0 aromatic heterocycles. The first-order chi connectivity index (χ1) is 10.1. The van der Waals surface area contributed by atoms with Gasteiger partial charge in [-0.1, -0.05) is 0 Å². The molecule has 0 amide bonds. The molecule has 0 atom stereocenters. The molecule has 0 saturated carbocycles. The average molecular weight is 309 g/mol. The first-order valence-corrected chi connectivity index (χ1v) is 7.73. The number of carbonyl (C=O) groups excluding carboxylic acids is 2. The lowest BCUT2D eigenvalue weighted by Gasteiger charge is -2.25. The number of hydrogen-bond donors (Lipinski definition) is 0. The minimum Gasteiger partial charge on any atom is -0.465 e. The highest BCUT2D eigenvalue weighted by molar-refractivity contribution is 8.05. The number of esters is 2. The molecular weight excluding hydrogens is 290 g/mol. The van der Waals surface area contributed by atoms with Crippen LogP contribution in [0.25, 0.3) is 0 Å². The number of rotatable bonds is 3. The number of allylic oxidation sites excluding steroid dienone is 1. The molecule has 0 spiro atoms. The topological polar surface area (TPSA) is 55.8 Å². The third kappa shape index (κ3) is 3.15. The Morgan fingerprint density at radius 2 is 1.71 bits per heavy atom. The lowest BCUT2D eigenvalue weighted by atomic mass is 10.0. The highest BCUT2D eigenvalue weighted by Crippen LogP contribution is 2.34. The quantitative estimate of drug-likeness (QED) is 0.745. The zero-order valence-corrected chi connectivity index (χ0v) is 13.3. The van der Waals surface area contributed by atoms with Gasteiger partial charge in [0, 0.05) is 13.1 Å². The molecule has 0 radical (unpaired) electrons. The van der Waals surface area contributed by atoms with Crippen LogP contribution in [0.5, 0.6) is 0 Å². The van der Waals surface area contributed by atoms with Gasteiger partial charge in [-0.05, 0) is 36.2 Å². The summed E-state index contributed by atoms with van der Waals surface area (Å²) in [5.74, 6) is -1.04. The van der Waals surface area contributed by atoms with Gasteiger partial charge in [-0.2, -0.15) is 0 Å². The Kier molecular flexibility index (Phi) is 5.12. The minimum atomic E-state index is -0.525. The Balaban J connectivity index is 2.60. The number of hydrogen-bond acceptors (Lipinski definition) is 6. The summed E-state index contributed by atoms with van der Waals surface area (Å²) in [5, 5.41) is 3.58. The van der Waals surface area contributed by atoms with Gasteiger partial charge < -0.3 is 14.4 Å². The second kappa shape index (κ2) is 6.85. The molecule has 2 aliphatic heterocycles. The van der Waals surface area contributed by atoms with Crippen LogP contribution in [0.4, 0.5) is 0 Å². The summed E-state index contributed by atoms with van der Waals surface area (Å²) in [6.07, 6.45) is 2.16. The van der Waals surface area contributed by atoms with Crippen LogP contribution in [0, 0.1) is 0 Å². The summed E-state index contributed by atoms with van der Waals surface area (Å²) >= 11 is 1.37. The van der Waals surface area contributed by atoms with Crippen molar-refractivity contribution < 1.29 is 19.1 Å². The summed E-state index contributed by atoms with van der Waals surface area (Å²) < 4.78 is 9.71. The zero-order chi connectivity index (χ0) is 15.4. The Bertz CT molecular complexity index is 542. The lowest BCUT2D eigenvalue weighted by molar-refractivity contribution is -0.139. The molecule has 2 heterocycles. The van der Waals surface area contributed by atoms with E-state index in [1.165, 1.54) is 26.0 Å². The number of nitrogens with zero attached hydrogens (tertiary/aromatic N) is 1. The zero-order valence-electron chi connectivity index (χ0n) is 12.5. The summed E-state index contributed by atoms with van der Waals surface area (Å²) in [5.41, 5.74) is 2.29. The van der Waals surface area contributed by atoms with E-state index in [4.69, 9.17) is 9.47 Å². The Labute approximate surface area is 128 Å². The predicted octanol–water partition coefficient (Wildman–Crippen LogP) is 2.22. The number of likely N-dealkylation sites (tertiary alicyclic amines) is 1. The minimum absolute atomic E-state index is 0.254. The maximum absolute atomic E-state index is 12.3. The smallest absolute Gasteiger partial charge is 0.340 e. The van der Waals surface area contributed by atoms with Gasteiger partial charge in [0.15, 0.2) is 0 Å². The van der Waals surface area contributed by atoms with E-state index in [1.54, 1.807) is 5.41 Å². The fraction of sp³-hybridized carbons (Fsp3) is 0.467. The Morgan fingerprint density at radius 1 is 1.10 bits per heavy atom. The van der Waals surface area contributed by atoms with E-state index in [1.807, 2.05) is 12.3 Å². The van der Waals surface area contributed by atoms with E-state index in [0.717, 1.165) is 37.2 Å². The third-order valence-corrected chi connectivity index (χ3v) is 4.39. The lowest BCUT2D eigenvalue weighted by Crippen LogP contribution is -2.26. The molecule has 1 fully saturated rings. The van der Waals surface area contributed by atoms with Crippen LogP contribution in [0.1, 0.15) is 19.8 Å². The molecule has 2 aliphatic rings. The molecule has 0 N–H and O–H groups in total. The van der Waals surface area contributed by atoms with Crippen molar-refractivity contribution in [2.45, 2.75) is 19.8 Å². The van der Waals surface area contributed by atoms with Crippen molar-refractivity contribution in [3.8, 4) is 0 Å². The average Bonchev–Trinajstić information content (AvgIpc) is 2.96. The van der Waals surface area contributed by atoms with E-state index in [0.29, 0.717) is 5.57 Å². The number of methoxy groups -OCH3 is 2. The van der Waals surface area contributed by atoms with Crippen molar-refractivity contribution in [3.63, 3.8) is 0 Å². The molecule has 0 aromatic carbocycles. The van der Waals surface area contributed by atoms with Gasteiger partial charge in [0.2, 0.25) is 0 Å². The SMILES string of the molecule is COC(=O)C1=CSC=C(C)C(N2CCCC2)=C1C(=O)OC. The summed E-state index contributed by atoms with van der Waals surface area (Å²) in [7, 11) is 2.63. The number of carbonyl (C=O) groups is 2. The molecule has 0 aliphatic carbocycles. The molecular formula is C15H19NO4S. The van der Waals surface area contributed by atoms with Crippen LogP contribution in [-0.2, 0) is 19.1 Å². The molecule has 0 aromatic rings. The second-order valence-electron chi connectivity index (χ2n) is 4.87. The molecule has 1 saturated heterocycles. The van der Waals surface area contributed by atoms with Crippen LogP contribution >= 0.6 is 11.8 Å². The standard InChI is InChI=1S/C15H19NO4S/c1-10-8-21-9-11(14(17)19-2)12(15(18)20-3)13(10)16-6-4-5-7-16/h8-9H,4-7H2,1-3H3. The summed E-state index contributed by atoms with van der Waals surface area (Å²) in [6.45, 7) is 3.69. The van der Waals surface area contributed by atoms with Gasteiger partial charge in [-0.3, -0.25) is 0 Å². The highest BCUT2D eigenvalue weighted by atomic mass is 32.2. The monoisotopic (exact) mass is 309 g/mol. The van der Waals surface area contributed by atoms with Gasteiger partial charge in [-0.25, -0.2) is 9.59 Å². The van der Waals surface area contributed by atoms with Crippen molar-refractivity contribution in [3.05, 3.63) is 33.2 Å². The third-order valence-electron chi connectivity index (χ3n) is 3.53. The Morgan fingerprint density at radius 3 is 2.29 bits per heavy atom. The van der Waals surface area contributed by atoms with Crippen LogP contribution < -0.4 is 0 Å².